The van der Waals surface area contributed by atoms with E-state index < -0.39 is 0 Å². The number of hydrogen-bond acceptors (Lipinski definition) is 4. The molecule has 2 rings (SSSR count). The normalized spacial score (nSPS) is 10.5. The molecule has 0 aliphatic rings. The maximum absolute atomic E-state index is 4.55. The summed E-state index contributed by atoms with van der Waals surface area (Å²) in [7, 11) is 0. The Bertz CT molecular complexity index is 233. The van der Waals surface area contributed by atoms with Crippen LogP contribution < -0.4 is 0 Å². The van der Waals surface area contributed by atoms with Gasteiger partial charge in [-0.1, -0.05) is 5.16 Å². The molecule has 8 heavy (non-hydrogen) atoms. The van der Waals surface area contributed by atoms with E-state index in [1.165, 1.54) is 4.69 Å². The Hall–Kier alpha value is -1.39. The van der Waals surface area contributed by atoms with Crippen LogP contribution in [0.15, 0.2) is 17.0 Å². The van der Waals surface area contributed by atoms with Crippen molar-refractivity contribution in [1.29, 1.82) is 0 Å². The molecule has 0 saturated carbocycles. The van der Waals surface area contributed by atoms with E-state index in [-0.39, 0.29) is 0 Å². The molecule has 0 fully saturated rings. The second kappa shape index (κ2) is 1.06. The van der Waals surface area contributed by atoms with Crippen molar-refractivity contribution in [3.8, 4) is 0 Å². The zero-order chi connectivity index (χ0) is 5.40. The van der Waals surface area contributed by atoms with Crippen LogP contribution in [0.25, 0.3) is 5.52 Å². The van der Waals surface area contributed by atoms with Gasteiger partial charge in [-0.2, -0.15) is 0 Å². The summed E-state index contributed by atoms with van der Waals surface area (Å²) in [6, 6.07) is 0. The predicted molar refractivity (Wildman–Crippen MR) is 23.0 cm³/mol. The maximum Gasteiger partial charge on any atom is 0.148 e. The fourth-order valence-electron chi connectivity index (χ4n) is 0.501. The lowest BCUT2D eigenvalue weighted by atomic mass is 10.7. The molecule has 0 radical (unpaired) electrons. The third-order valence-corrected chi connectivity index (χ3v) is 0.853. The average molecular weight is 110 g/mol. The van der Waals surface area contributed by atoms with Gasteiger partial charge in [-0.05, 0) is 9.90 Å². The molecular formula is C3H2N4O. The topological polar surface area (TPSA) is 56.2 Å². The van der Waals surface area contributed by atoms with E-state index in [9.17, 15) is 0 Å². The highest BCUT2D eigenvalue weighted by Gasteiger charge is 1.93. The number of aromatic nitrogens is 4. The van der Waals surface area contributed by atoms with Crippen LogP contribution in [-0.2, 0) is 0 Å². The van der Waals surface area contributed by atoms with Crippen molar-refractivity contribution >= 4 is 5.52 Å². The van der Waals surface area contributed by atoms with Gasteiger partial charge in [0.1, 0.15) is 11.7 Å². The maximum atomic E-state index is 4.55. The van der Waals surface area contributed by atoms with E-state index in [4.69, 9.17) is 0 Å². The number of hydrogen-bond donors (Lipinski definition) is 0. The van der Waals surface area contributed by atoms with Gasteiger partial charge in [-0.25, -0.2) is 4.63 Å². The summed E-state index contributed by atoms with van der Waals surface area (Å²) >= 11 is 0. The molecule has 0 unspecified atom stereocenters. The van der Waals surface area contributed by atoms with Crippen molar-refractivity contribution in [2.24, 2.45) is 0 Å². The van der Waals surface area contributed by atoms with E-state index in [0.717, 1.165) is 5.52 Å². The largest absolute Gasteiger partial charge is 0.244 e. The first-order chi connectivity index (χ1) is 3.97. The summed E-state index contributed by atoms with van der Waals surface area (Å²) in [4.78, 5) is 0. The minimum absolute atomic E-state index is 0.769. The Kier molecular flexibility index (Phi) is 0.476. The fourth-order valence-corrected chi connectivity index (χ4v) is 0.501. The quantitative estimate of drug-likeness (QED) is 0.468. The lowest BCUT2D eigenvalue weighted by molar-refractivity contribution is 0.239. The van der Waals surface area contributed by atoms with Crippen molar-refractivity contribution in [3.63, 3.8) is 0 Å². The van der Waals surface area contributed by atoms with Crippen LogP contribution in [0, 0.1) is 0 Å². The standard InChI is InChI=1S/C3H2N4O/c1-3-2-5-8-7(3)6-4-1/h1-2H. The summed E-state index contributed by atoms with van der Waals surface area (Å²) in [6.07, 6.45) is 3.11. The molecule has 0 spiro atoms. The number of nitrogens with zero attached hydrogens (tertiary/aromatic N) is 4. The summed E-state index contributed by atoms with van der Waals surface area (Å²) in [5.74, 6) is 0. The molecule has 0 aromatic carbocycles. The molecule has 2 aromatic heterocycles. The van der Waals surface area contributed by atoms with Gasteiger partial charge in [0, 0.05) is 0 Å². The predicted octanol–water partition coefficient (Wildman–Crippen LogP) is -0.283. The number of rotatable bonds is 0. The van der Waals surface area contributed by atoms with Gasteiger partial charge in [-0.15, -0.1) is 5.10 Å². The lowest BCUT2D eigenvalue weighted by Crippen LogP contribution is -1.78. The molecule has 2 heterocycles. The van der Waals surface area contributed by atoms with Gasteiger partial charge in [0.25, 0.3) is 0 Å². The van der Waals surface area contributed by atoms with Gasteiger partial charge in [0.2, 0.25) is 0 Å². The van der Waals surface area contributed by atoms with Gasteiger partial charge in [-0.3, -0.25) is 0 Å². The molecule has 2 aromatic rings. The molecule has 0 amide bonds. The molecule has 0 saturated heterocycles. The molecule has 5 nitrogen and oxygen atoms in total. The molecule has 0 atom stereocenters. The summed E-state index contributed by atoms with van der Waals surface area (Å²) in [5, 5.41) is 10.5. The molecule has 5 heteroatoms. The van der Waals surface area contributed by atoms with Crippen LogP contribution in [0.5, 0.6) is 0 Å². The molecule has 40 valence electrons. The Morgan fingerprint density at radius 1 is 1.50 bits per heavy atom. The second-order valence-corrected chi connectivity index (χ2v) is 1.35. The minimum Gasteiger partial charge on any atom is -0.244 e. The number of fused-ring (bicyclic) bond motifs is 1. The van der Waals surface area contributed by atoms with Crippen LogP contribution in [0.1, 0.15) is 0 Å². The first-order valence-corrected chi connectivity index (χ1v) is 2.08. The zero-order valence-corrected chi connectivity index (χ0v) is 3.85. The lowest BCUT2D eigenvalue weighted by Gasteiger charge is -1.66. The van der Waals surface area contributed by atoms with Gasteiger partial charge in [0.15, 0.2) is 0 Å². The summed E-state index contributed by atoms with van der Waals surface area (Å²) in [5.41, 5.74) is 0.769. The first kappa shape index (κ1) is 3.59. The molecular weight excluding hydrogens is 108 g/mol. The van der Waals surface area contributed by atoms with Crippen molar-refractivity contribution in [1.82, 2.24) is 20.2 Å². The van der Waals surface area contributed by atoms with E-state index >= 15 is 0 Å². The minimum atomic E-state index is 0.769. The van der Waals surface area contributed by atoms with Crippen molar-refractivity contribution in [2.45, 2.75) is 0 Å². The molecule has 0 aliphatic heterocycles. The Morgan fingerprint density at radius 3 is 3.38 bits per heavy atom. The van der Waals surface area contributed by atoms with Crippen molar-refractivity contribution in [2.75, 3.05) is 0 Å². The van der Waals surface area contributed by atoms with Gasteiger partial charge in [0.05, 0.1) is 6.20 Å². The average Bonchev–Trinajstić information content (AvgIpc) is 2.15. The van der Waals surface area contributed by atoms with Gasteiger partial charge >= 0.3 is 0 Å². The van der Waals surface area contributed by atoms with Crippen molar-refractivity contribution in [3.05, 3.63) is 12.4 Å². The van der Waals surface area contributed by atoms with Gasteiger partial charge < -0.3 is 0 Å². The highest BCUT2D eigenvalue weighted by molar-refractivity contribution is 5.36. The van der Waals surface area contributed by atoms with Crippen LogP contribution in [0.3, 0.4) is 0 Å². The van der Waals surface area contributed by atoms with Crippen LogP contribution >= 0.6 is 0 Å². The Labute approximate surface area is 43.8 Å². The molecule has 0 N–H and O–H groups in total. The zero-order valence-electron chi connectivity index (χ0n) is 3.85. The highest BCUT2D eigenvalue weighted by atomic mass is 16.6. The Balaban J connectivity index is 3.06. The SMILES string of the molecule is c1nnn2oncc12. The van der Waals surface area contributed by atoms with E-state index in [2.05, 4.69) is 20.1 Å². The third-order valence-electron chi connectivity index (χ3n) is 0.853. The van der Waals surface area contributed by atoms with Crippen LogP contribution in [0.2, 0.25) is 0 Å². The van der Waals surface area contributed by atoms with E-state index in [0.29, 0.717) is 0 Å². The van der Waals surface area contributed by atoms with Crippen molar-refractivity contribution < 1.29 is 4.63 Å². The van der Waals surface area contributed by atoms with Crippen LogP contribution in [-0.4, -0.2) is 20.2 Å². The summed E-state index contributed by atoms with van der Waals surface area (Å²) < 4.78 is 5.79. The third kappa shape index (κ3) is 0.281. The highest BCUT2D eigenvalue weighted by Crippen LogP contribution is 1.93. The van der Waals surface area contributed by atoms with Crippen LogP contribution in [0.4, 0.5) is 0 Å². The fraction of sp³-hybridized carbons (Fsp3) is 0. The smallest absolute Gasteiger partial charge is 0.148 e. The Morgan fingerprint density at radius 2 is 2.50 bits per heavy atom. The van der Waals surface area contributed by atoms with E-state index in [1.54, 1.807) is 12.4 Å². The monoisotopic (exact) mass is 110 g/mol. The van der Waals surface area contributed by atoms with E-state index in [1.807, 2.05) is 0 Å². The molecule has 0 aliphatic carbocycles. The second-order valence-electron chi connectivity index (χ2n) is 1.35. The first-order valence-electron chi connectivity index (χ1n) is 2.08. The molecule has 0 bridgehead atoms. The summed E-state index contributed by atoms with van der Waals surface area (Å²) in [6.45, 7) is 0.